The second kappa shape index (κ2) is 5.19. The fourth-order valence-corrected chi connectivity index (χ4v) is 2.57. The van der Waals surface area contributed by atoms with Gasteiger partial charge in [0.15, 0.2) is 0 Å². The van der Waals surface area contributed by atoms with Gasteiger partial charge in [0, 0.05) is 18.6 Å². The molecule has 2 N–H and O–H groups in total. The number of rotatable bonds is 3. The van der Waals surface area contributed by atoms with Crippen molar-refractivity contribution >= 4 is 0 Å². The Morgan fingerprint density at radius 3 is 2.24 bits per heavy atom. The molecule has 0 aliphatic carbocycles. The Morgan fingerprint density at radius 1 is 1.18 bits per heavy atom. The van der Waals surface area contributed by atoms with E-state index >= 15 is 0 Å². The van der Waals surface area contributed by atoms with Gasteiger partial charge in [-0.3, -0.25) is 0 Å². The van der Waals surface area contributed by atoms with Crippen LogP contribution in [-0.2, 0) is 4.74 Å². The minimum Gasteiger partial charge on any atom is -0.378 e. The first-order valence-electron chi connectivity index (χ1n) is 6.56. The molecule has 0 bridgehead atoms. The summed E-state index contributed by atoms with van der Waals surface area (Å²) in [4.78, 5) is 0. The number of ether oxygens (including phenoxy) is 1. The molecule has 1 aromatic rings. The lowest BCUT2D eigenvalue weighted by Gasteiger charge is -2.22. The summed E-state index contributed by atoms with van der Waals surface area (Å²) in [7, 11) is 0. The van der Waals surface area contributed by atoms with Crippen molar-refractivity contribution in [3.63, 3.8) is 0 Å². The summed E-state index contributed by atoms with van der Waals surface area (Å²) in [5.41, 5.74) is 8.94. The number of nitrogens with two attached hydrogens (primary N) is 1. The molecule has 0 radical (unpaired) electrons. The predicted octanol–water partition coefficient (Wildman–Crippen LogP) is 3.23. The second-order valence-electron chi connectivity index (χ2n) is 5.38. The van der Waals surface area contributed by atoms with Crippen LogP contribution in [0.1, 0.15) is 50.3 Å². The van der Waals surface area contributed by atoms with E-state index in [0.29, 0.717) is 11.8 Å². The van der Waals surface area contributed by atoms with E-state index in [4.69, 9.17) is 10.5 Å². The molecule has 2 rings (SSSR count). The fraction of sp³-hybridized carbons (Fsp3) is 0.600. The van der Waals surface area contributed by atoms with E-state index in [2.05, 4.69) is 45.0 Å². The Morgan fingerprint density at radius 2 is 1.76 bits per heavy atom. The zero-order valence-electron chi connectivity index (χ0n) is 11.0. The highest BCUT2D eigenvalue weighted by Crippen LogP contribution is 2.31. The molecule has 1 aromatic carbocycles. The summed E-state index contributed by atoms with van der Waals surface area (Å²) in [5.74, 6) is 1.04. The van der Waals surface area contributed by atoms with Crippen LogP contribution in [0.2, 0.25) is 0 Å². The van der Waals surface area contributed by atoms with E-state index in [9.17, 15) is 0 Å². The van der Waals surface area contributed by atoms with Crippen molar-refractivity contribution in [2.24, 2.45) is 11.7 Å². The first kappa shape index (κ1) is 12.6. The maximum atomic E-state index is 6.34. The second-order valence-corrected chi connectivity index (χ2v) is 5.38. The highest BCUT2D eigenvalue weighted by Gasteiger charge is 2.30. The molecule has 17 heavy (non-hydrogen) atoms. The third-order valence-electron chi connectivity index (χ3n) is 3.88. The zero-order chi connectivity index (χ0) is 12.4. The molecule has 1 saturated heterocycles. The minimum atomic E-state index is 0.105. The van der Waals surface area contributed by atoms with E-state index in [-0.39, 0.29) is 12.1 Å². The topological polar surface area (TPSA) is 35.2 Å². The average Bonchev–Trinajstić information content (AvgIpc) is 2.74. The van der Waals surface area contributed by atoms with Crippen LogP contribution < -0.4 is 5.73 Å². The van der Waals surface area contributed by atoms with Gasteiger partial charge in [-0.1, -0.05) is 38.1 Å². The molecule has 1 heterocycles. The minimum absolute atomic E-state index is 0.105. The highest BCUT2D eigenvalue weighted by atomic mass is 16.5. The van der Waals surface area contributed by atoms with Gasteiger partial charge < -0.3 is 10.5 Å². The molecule has 0 amide bonds. The summed E-state index contributed by atoms with van der Waals surface area (Å²) in [6, 6.07) is 8.84. The van der Waals surface area contributed by atoms with Gasteiger partial charge in [-0.2, -0.15) is 0 Å². The van der Waals surface area contributed by atoms with Crippen LogP contribution in [0.25, 0.3) is 0 Å². The Bertz CT molecular complexity index is 358. The van der Waals surface area contributed by atoms with Crippen LogP contribution in [0.4, 0.5) is 0 Å². The van der Waals surface area contributed by atoms with Gasteiger partial charge in [0.05, 0.1) is 6.10 Å². The van der Waals surface area contributed by atoms with E-state index < -0.39 is 0 Å². The third kappa shape index (κ3) is 2.70. The first-order valence-corrected chi connectivity index (χ1v) is 6.56. The van der Waals surface area contributed by atoms with Gasteiger partial charge in [-0.05, 0) is 30.4 Å². The molecule has 2 nitrogen and oxygen atoms in total. The number of hydrogen-bond donors (Lipinski definition) is 1. The molecule has 0 spiro atoms. The molecular formula is C15H23NO. The first-order chi connectivity index (χ1) is 8.09. The maximum absolute atomic E-state index is 6.34. The van der Waals surface area contributed by atoms with Crippen LogP contribution in [0.15, 0.2) is 24.3 Å². The van der Waals surface area contributed by atoms with E-state index in [1.54, 1.807) is 0 Å². The summed E-state index contributed by atoms with van der Waals surface area (Å²) in [6.45, 7) is 7.40. The van der Waals surface area contributed by atoms with Crippen LogP contribution >= 0.6 is 0 Å². The lowest BCUT2D eigenvalue weighted by atomic mass is 9.88. The van der Waals surface area contributed by atoms with Gasteiger partial charge in [0.1, 0.15) is 0 Å². The molecule has 0 aromatic heterocycles. The van der Waals surface area contributed by atoms with Crippen LogP contribution in [0.3, 0.4) is 0 Å². The van der Waals surface area contributed by atoms with Gasteiger partial charge in [0.25, 0.3) is 0 Å². The van der Waals surface area contributed by atoms with Crippen molar-refractivity contribution in [1.29, 1.82) is 0 Å². The summed E-state index contributed by atoms with van der Waals surface area (Å²) >= 11 is 0. The maximum Gasteiger partial charge on any atom is 0.0594 e. The van der Waals surface area contributed by atoms with Crippen LogP contribution in [-0.4, -0.2) is 12.7 Å². The molecular weight excluding hydrogens is 210 g/mol. The quantitative estimate of drug-likeness (QED) is 0.870. The van der Waals surface area contributed by atoms with Crippen molar-refractivity contribution in [1.82, 2.24) is 0 Å². The Balaban J connectivity index is 2.11. The molecule has 0 saturated carbocycles. The van der Waals surface area contributed by atoms with Gasteiger partial charge in [-0.15, -0.1) is 0 Å². The standard InChI is InChI=1S/C15H23NO/c1-10(2)12-4-6-13(7-5-12)15(16)14-8-9-17-11(14)3/h4-7,10-11,14-15H,8-9,16H2,1-3H3. The van der Waals surface area contributed by atoms with Crippen molar-refractivity contribution in [3.8, 4) is 0 Å². The third-order valence-corrected chi connectivity index (χ3v) is 3.88. The molecule has 3 atom stereocenters. The predicted molar refractivity (Wildman–Crippen MR) is 71.0 cm³/mol. The normalized spacial score (nSPS) is 26.4. The summed E-state index contributed by atoms with van der Waals surface area (Å²) < 4.78 is 5.59. The van der Waals surface area contributed by atoms with Crippen LogP contribution in [0.5, 0.6) is 0 Å². The monoisotopic (exact) mass is 233 g/mol. The van der Waals surface area contributed by atoms with Gasteiger partial charge in [0.2, 0.25) is 0 Å². The zero-order valence-corrected chi connectivity index (χ0v) is 11.0. The molecule has 1 aliphatic rings. The molecule has 2 heteroatoms. The molecule has 3 unspecified atom stereocenters. The summed E-state index contributed by atoms with van der Waals surface area (Å²) in [6.07, 6.45) is 1.36. The van der Waals surface area contributed by atoms with Crippen molar-refractivity contribution in [3.05, 3.63) is 35.4 Å². The Labute approximate surface area is 104 Å². The van der Waals surface area contributed by atoms with E-state index in [1.807, 2.05) is 0 Å². The Kier molecular flexibility index (Phi) is 3.85. The average molecular weight is 233 g/mol. The van der Waals surface area contributed by atoms with Crippen molar-refractivity contribution in [2.45, 2.75) is 45.3 Å². The molecule has 94 valence electrons. The highest BCUT2D eigenvalue weighted by molar-refractivity contribution is 5.27. The molecule has 1 fully saturated rings. The lowest BCUT2D eigenvalue weighted by Crippen LogP contribution is -2.26. The van der Waals surface area contributed by atoms with E-state index in [0.717, 1.165) is 13.0 Å². The van der Waals surface area contributed by atoms with Gasteiger partial charge in [-0.25, -0.2) is 0 Å². The van der Waals surface area contributed by atoms with Crippen molar-refractivity contribution in [2.75, 3.05) is 6.61 Å². The smallest absolute Gasteiger partial charge is 0.0594 e. The SMILES string of the molecule is CC(C)c1ccc(C(N)C2CCOC2C)cc1. The largest absolute Gasteiger partial charge is 0.378 e. The number of benzene rings is 1. The van der Waals surface area contributed by atoms with Gasteiger partial charge >= 0.3 is 0 Å². The van der Waals surface area contributed by atoms with Crippen LogP contribution in [0, 0.1) is 5.92 Å². The number of hydrogen-bond acceptors (Lipinski definition) is 2. The van der Waals surface area contributed by atoms with Crippen molar-refractivity contribution < 1.29 is 4.74 Å². The van der Waals surface area contributed by atoms with E-state index in [1.165, 1.54) is 11.1 Å². The fourth-order valence-electron chi connectivity index (χ4n) is 2.57. The summed E-state index contributed by atoms with van der Waals surface area (Å²) in [5, 5.41) is 0. The lowest BCUT2D eigenvalue weighted by molar-refractivity contribution is 0.0995. The molecule has 1 aliphatic heterocycles. The Hall–Kier alpha value is -0.860.